The Bertz CT molecular complexity index is 556. The van der Waals surface area contributed by atoms with Gasteiger partial charge in [0.2, 0.25) is 0 Å². The molecule has 0 heterocycles. The number of allylic oxidation sites excluding steroid dienone is 1. The molecule has 0 saturated carbocycles. The van der Waals surface area contributed by atoms with E-state index in [1.807, 2.05) is 39.0 Å². The molecule has 0 bridgehead atoms. The van der Waals surface area contributed by atoms with Crippen LogP contribution in [0.2, 0.25) is 0 Å². The number of benzene rings is 1. The van der Waals surface area contributed by atoms with E-state index in [2.05, 4.69) is 5.32 Å². The first kappa shape index (κ1) is 13.5. The Morgan fingerprint density at radius 2 is 1.84 bits per heavy atom. The highest BCUT2D eigenvalue weighted by molar-refractivity contribution is 6.34. The molecule has 3 nitrogen and oxygen atoms in total. The predicted octanol–water partition coefficient (Wildman–Crippen LogP) is 2.82. The number of carbonyl (C=O) groups is 2. The van der Waals surface area contributed by atoms with Crippen LogP contribution < -0.4 is 5.32 Å². The average molecular weight is 257 g/mol. The van der Waals surface area contributed by atoms with Gasteiger partial charge in [0.1, 0.15) is 0 Å². The van der Waals surface area contributed by atoms with E-state index in [1.54, 1.807) is 6.07 Å². The highest BCUT2D eigenvalue weighted by atomic mass is 16.2. The summed E-state index contributed by atoms with van der Waals surface area (Å²) in [5.74, 6) is -0.241. The molecule has 100 valence electrons. The molecule has 1 aromatic rings. The lowest BCUT2D eigenvalue weighted by Crippen LogP contribution is -2.28. The standard InChI is InChI=1S/C16H19NO2/c1-4-9-17-16(19)14-13(10(2)3)11-7-5-6-8-12(11)15(14)18/h5-8,10H,4,9H2,1-3H3,(H,17,19). The van der Waals surface area contributed by atoms with Crippen molar-refractivity contribution in [3.05, 3.63) is 41.0 Å². The first-order chi connectivity index (χ1) is 9.07. The lowest BCUT2D eigenvalue weighted by Gasteiger charge is -2.11. The molecule has 0 atom stereocenters. The summed E-state index contributed by atoms with van der Waals surface area (Å²) >= 11 is 0. The molecule has 0 aromatic heterocycles. The minimum atomic E-state index is -0.244. The molecule has 1 N–H and O–H groups in total. The van der Waals surface area contributed by atoms with E-state index in [0.29, 0.717) is 17.7 Å². The number of hydrogen-bond acceptors (Lipinski definition) is 2. The van der Waals surface area contributed by atoms with Crippen LogP contribution in [-0.2, 0) is 4.79 Å². The van der Waals surface area contributed by atoms with Crippen LogP contribution in [-0.4, -0.2) is 18.2 Å². The summed E-state index contributed by atoms with van der Waals surface area (Å²) in [5, 5.41) is 2.81. The maximum Gasteiger partial charge on any atom is 0.255 e. The Kier molecular flexibility index (Phi) is 3.84. The molecule has 0 unspecified atom stereocenters. The molecule has 1 amide bonds. The van der Waals surface area contributed by atoms with Crippen molar-refractivity contribution in [3.63, 3.8) is 0 Å². The molecule has 0 aliphatic heterocycles. The summed E-state index contributed by atoms with van der Waals surface area (Å²) in [4.78, 5) is 24.6. The highest BCUT2D eigenvalue weighted by Crippen LogP contribution is 2.37. The molecule has 0 radical (unpaired) electrons. The van der Waals surface area contributed by atoms with Gasteiger partial charge in [-0.05, 0) is 23.5 Å². The molecular formula is C16H19NO2. The third kappa shape index (κ3) is 2.33. The zero-order valence-electron chi connectivity index (χ0n) is 11.6. The first-order valence-electron chi connectivity index (χ1n) is 6.74. The SMILES string of the molecule is CCCNC(=O)C1=C(C(C)C)c2ccccc2C1=O. The van der Waals surface area contributed by atoms with Gasteiger partial charge in [0.25, 0.3) is 5.91 Å². The van der Waals surface area contributed by atoms with Crippen LogP contribution in [0.1, 0.15) is 43.1 Å². The van der Waals surface area contributed by atoms with Crippen molar-refractivity contribution in [2.45, 2.75) is 27.2 Å². The zero-order valence-corrected chi connectivity index (χ0v) is 11.6. The topological polar surface area (TPSA) is 46.2 Å². The van der Waals surface area contributed by atoms with Crippen molar-refractivity contribution < 1.29 is 9.59 Å². The van der Waals surface area contributed by atoms with Gasteiger partial charge in [0, 0.05) is 12.1 Å². The zero-order chi connectivity index (χ0) is 14.0. The monoisotopic (exact) mass is 257 g/mol. The summed E-state index contributed by atoms with van der Waals surface area (Å²) in [5.41, 5.74) is 2.75. The fourth-order valence-corrected chi connectivity index (χ4v) is 2.46. The van der Waals surface area contributed by atoms with Crippen LogP contribution in [0.4, 0.5) is 0 Å². The lowest BCUT2D eigenvalue weighted by molar-refractivity contribution is -0.117. The second-order valence-electron chi connectivity index (χ2n) is 5.07. The smallest absolute Gasteiger partial charge is 0.255 e. The largest absolute Gasteiger partial charge is 0.352 e. The van der Waals surface area contributed by atoms with Crippen LogP contribution in [0.5, 0.6) is 0 Å². The fourth-order valence-electron chi connectivity index (χ4n) is 2.46. The van der Waals surface area contributed by atoms with E-state index in [4.69, 9.17) is 0 Å². The Morgan fingerprint density at radius 3 is 2.42 bits per heavy atom. The van der Waals surface area contributed by atoms with Crippen molar-refractivity contribution in [2.75, 3.05) is 6.54 Å². The highest BCUT2D eigenvalue weighted by Gasteiger charge is 2.34. The van der Waals surface area contributed by atoms with E-state index >= 15 is 0 Å². The van der Waals surface area contributed by atoms with E-state index in [9.17, 15) is 9.59 Å². The third-order valence-electron chi connectivity index (χ3n) is 3.30. The number of fused-ring (bicyclic) bond motifs is 1. The molecule has 0 fully saturated rings. The van der Waals surface area contributed by atoms with E-state index in [-0.39, 0.29) is 17.6 Å². The van der Waals surface area contributed by atoms with Crippen molar-refractivity contribution >= 4 is 17.3 Å². The lowest BCUT2D eigenvalue weighted by atomic mass is 9.94. The average Bonchev–Trinajstić information content (AvgIpc) is 2.70. The quantitative estimate of drug-likeness (QED) is 0.843. The molecule has 0 spiro atoms. The molecule has 3 heteroatoms. The summed E-state index contributed by atoms with van der Waals surface area (Å²) in [6, 6.07) is 7.45. The van der Waals surface area contributed by atoms with Crippen molar-refractivity contribution in [3.8, 4) is 0 Å². The number of nitrogens with one attached hydrogen (secondary N) is 1. The summed E-state index contributed by atoms with van der Waals surface area (Å²) in [7, 11) is 0. The van der Waals surface area contributed by atoms with E-state index in [0.717, 1.165) is 17.6 Å². The molecular weight excluding hydrogens is 238 g/mol. The van der Waals surface area contributed by atoms with Gasteiger partial charge >= 0.3 is 0 Å². The molecule has 1 aromatic carbocycles. The van der Waals surface area contributed by atoms with Gasteiger partial charge in [-0.25, -0.2) is 0 Å². The maximum atomic E-state index is 12.4. The van der Waals surface area contributed by atoms with Gasteiger partial charge in [0.05, 0.1) is 5.57 Å². The second kappa shape index (κ2) is 5.39. The summed E-state index contributed by atoms with van der Waals surface area (Å²) in [6.45, 7) is 6.61. The first-order valence-corrected chi connectivity index (χ1v) is 6.74. The fraction of sp³-hybridized carbons (Fsp3) is 0.375. The van der Waals surface area contributed by atoms with Crippen LogP contribution in [0.15, 0.2) is 29.8 Å². The molecule has 1 aliphatic carbocycles. The number of Topliss-reactive ketones (excluding diaryl/α,β-unsaturated/α-hetero) is 1. The minimum absolute atomic E-state index is 0.145. The van der Waals surface area contributed by atoms with Crippen LogP contribution in [0.25, 0.3) is 5.57 Å². The Labute approximate surface area is 113 Å². The molecule has 2 rings (SSSR count). The maximum absolute atomic E-state index is 12.4. The second-order valence-corrected chi connectivity index (χ2v) is 5.07. The van der Waals surface area contributed by atoms with Gasteiger partial charge in [-0.1, -0.05) is 45.0 Å². The third-order valence-corrected chi connectivity index (χ3v) is 3.30. The Balaban J connectivity index is 2.48. The van der Waals surface area contributed by atoms with Gasteiger partial charge in [-0.15, -0.1) is 0 Å². The van der Waals surface area contributed by atoms with E-state index < -0.39 is 0 Å². The molecule has 19 heavy (non-hydrogen) atoms. The Hall–Kier alpha value is -1.90. The molecule has 0 saturated heterocycles. The van der Waals surface area contributed by atoms with Gasteiger partial charge in [-0.3, -0.25) is 9.59 Å². The van der Waals surface area contributed by atoms with E-state index in [1.165, 1.54) is 0 Å². The number of rotatable bonds is 4. The van der Waals surface area contributed by atoms with Gasteiger partial charge in [0.15, 0.2) is 5.78 Å². The van der Waals surface area contributed by atoms with Crippen LogP contribution in [0, 0.1) is 5.92 Å². The minimum Gasteiger partial charge on any atom is -0.352 e. The predicted molar refractivity (Wildman–Crippen MR) is 75.8 cm³/mol. The number of ketones is 1. The number of amides is 1. The number of hydrogen-bond donors (Lipinski definition) is 1. The summed E-state index contributed by atoms with van der Waals surface area (Å²) < 4.78 is 0. The van der Waals surface area contributed by atoms with Crippen molar-refractivity contribution in [1.82, 2.24) is 5.32 Å². The Morgan fingerprint density at radius 1 is 1.21 bits per heavy atom. The number of carbonyl (C=O) groups excluding carboxylic acids is 2. The van der Waals surface area contributed by atoms with Gasteiger partial charge < -0.3 is 5.32 Å². The van der Waals surface area contributed by atoms with Gasteiger partial charge in [-0.2, -0.15) is 0 Å². The van der Waals surface area contributed by atoms with Crippen molar-refractivity contribution in [2.24, 2.45) is 5.92 Å². The normalized spacial score (nSPS) is 14.0. The van der Waals surface area contributed by atoms with Crippen molar-refractivity contribution in [1.29, 1.82) is 0 Å². The van der Waals surface area contributed by atoms with Crippen LogP contribution in [0.3, 0.4) is 0 Å². The van der Waals surface area contributed by atoms with Crippen LogP contribution >= 0.6 is 0 Å². The summed E-state index contributed by atoms with van der Waals surface area (Å²) in [6.07, 6.45) is 0.858. The molecule has 1 aliphatic rings.